The first kappa shape index (κ1) is 17.4. The highest BCUT2D eigenvalue weighted by Crippen LogP contribution is 2.20. The van der Waals surface area contributed by atoms with Crippen LogP contribution in [-0.2, 0) is 4.79 Å². The number of carboxylic acid groups (broad SMARTS) is 1. The van der Waals surface area contributed by atoms with Gasteiger partial charge in [0.15, 0.2) is 0 Å². The van der Waals surface area contributed by atoms with Gasteiger partial charge in [-0.05, 0) is 36.8 Å². The topological polar surface area (TPSA) is 70.5 Å². The minimum Gasteiger partial charge on any atom is -0.478 e. The second kappa shape index (κ2) is 7.61. The molecule has 3 aromatic rings. The second-order valence-corrected chi connectivity index (χ2v) is 6.04. The van der Waals surface area contributed by atoms with Gasteiger partial charge in [-0.15, -0.1) is 0 Å². The predicted octanol–water partition coefficient (Wildman–Crippen LogP) is 4.00. The fourth-order valence-electron chi connectivity index (χ4n) is 2.73. The average molecular weight is 346 g/mol. The molecule has 1 aromatic heterocycles. The molecule has 0 aliphatic rings. The van der Waals surface area contributed by atoms with E-state index in [0.29, 0.717) is 6.54 Å². The summed E-state index contributed by atoms with van der Waals surface area (Å²) in [6.07, 6.45) is 4.40. The van der Waals surface area contributed by atoms with Gasteiger partial charge in [-0.2, -0.15) is 0 Å². The Balaban J connectivity index is 1.79. The second-order valence-electron chi connectivity index (χ2n) is 6.04. The Bertz CT molecular complexity index is 978. The lowest BCUT2D eigenvalue weighted by atomic mass is 10.1. The van der Waals surface area contributed by atoms with E-state index in [4.69, 9.17) is 5.11 Å². The molecule has 0 aliphatic heterocycles. The van der Waals surface area contributed by atoms with Gasteiger partial charge in [0.1, 0.15) is 0 Å². The predicted molar refractivity (Wildman–Crippen MR) is 102 cm³/mol. The quantitative estimate of drug-likeness (QED) is 0.685. The summed E-state index contributed by atoms with van der Waals surface area (Å²) in [6, 6.07) is 16.3. The van der Waals surface area contributed by atoms with Gasteiger partial charge in [-0.3, -0.25) is 9.78 Å². The lowest BCUT2D eigenvalue weighted by molar-refractivity contribution is -0.107. The first-order valence-electron chi connectivity index (χ1n) is 8.14. The van der Waals surface area contributed by atoms with Crippen molar-refractivity contribution in [2.24, 2.45) is 0 Å². The van der Waals surface area contributed by atoms with Crippen molar-refractivity contribution in [3.8, 4) is 0 Å². The van der Waals surface area contributed by atoms with Crippen LogP contribution in [0.5, 0.6) is 0 Å². The Morgan fingerprint density at radius 3 is 2.58 bits per heavy atom. The lowest BCUT2D eigenvalue weighted by Crippen LogP contribution is -2.23. The Kier molecular flexibility index (Phi) is 5.08. The molecule has 26 heavy (non-hydrogen) atoms. The number of anilines is 1. The van der Waals surface area contributed by atoms with Crippen molar-refractivity contribution in [1.29, 1.82) is 0 Å². The molecule has 0 saturated heterocycles. The molecule has 2 aromatic carbocycles. The molecule has 0 radical (unpaired) electrons. The number of carbonyl (C=O) groups is 2. The number of hydrogen-bond acceptors (Lipinski definition) is 3. The van der Waals surface area contributed by atoms with E-state index in [1.54, 1.807) is 35.4 Å². The smallest absolute Gasteiger partial charge is 0.335 e. The molecule has 0 bridgehead atoms. The molecular weight excluding hydrogens is 328 g/mol. The number of nitrogens with zero attached hydrogens (tertiary/aromatic N) is 2. The molecular formula is C21H18N2O3. The summed E-state index contributed by atoms with van der Waals surface area (Å²) in [7, 11) is 0. The molecule has 1 amide bonds. The van der Waals surface area contributed by atoms with Gasteiger partial charge in [-0.1, -0.05) is 42.0 Å². The number of pyridine rings is 1. The van der Waals surface area contributed by atoms with Crippen LogP contribution < -0.4 is 4.90 Å². The SMILES string of the molecule is C/C(=C\c1ccc(C(=O)O)cc1)CN(C=O)c1cnc2ccccc2c1. The Morgan fingerprint density at radius 1 is 1.15 bits per heavy atom. The van der Waals surface area contributed by atoms with Gasteiger partial charge in [0, 0.05) is 11.9 Å². The molecule has 1 N–H and O–H groups in total. The third-order valence-corrected chi connectivity index (χ3v) is 4.03. The number of aromatic nitrogens is 1. The van der Waals surface area contributed by atoms with Crippen molar-refractivity contribution in [3.05, 3.63) is 77.5 Å². The molecule has 5 nitrogen and oxygen atoms in total. The van der Waals surface area contributed by atoms with Gasteiger partial charge in [0.25, 0.3) is 0 Å². The maximum absolute atomic E-state index is 11.6. The van der Waals surface area contributed by atoms with Gasteiger partial charge in [0.2, 0.25) is 6.41 Å². The van der Waals surface area contributed by atoms with Gasteiger partial charge in [-0.25, -0.2) is 4.79 Å². The maximum atomic E-state index is 11.6. The fraction of sp³-hybridized carbons (Fsp3) is 0.0952. The van der Waals surface area contributed by atoms with Crippen molar-refractivity contribution >= 4 is 35.0 Å². The number of hydrogen-bond donors (Lipinski definition) is 1. The fourth-order valence-corrected chi connectivity index (χ4v) is 2.73. The molecule has 0 unspecified atom stereocenters. The largest absolute Gasteiger partial charge is 0.478 e. The van der Waals surface area contributed by atoms with E-state index in [1.807, 2.05) is 43.3 Å². The molecule has 0 fully saturated rings. The van der Waals surface area contributed by atoms with E-state index in [2.05, 4.69) is 4.98 Å². The lowest BCUT2D eigenvalue weighted by Gasteiger charge is -2.18. The number of carbonyl (C=O) groups excluding carboxylic acids is 1. The van der Waals surface area contributed by atoms with Crippen molar-refractivity contribution in [3.63, 3.8) is 0 Å². The monoisotopic (exact) mass is 346 g/mol. The van der Waals surface area contributed by atoms with Gasteiger partial charge in [0.05, 0.1) is 23.0 Å². The van der Waals surface area contributed by atoms with Crippen LogP contribution in [0.4, 0.5) is 5.69 Å². The van der Waals surface area contributed by atoms with Crippen molar-refractivity contribution in [2.75, 3.05) is 11.4 Å². The van der Waals surface area contributed by atoms with Crippen molar-refractivity contribution in [2.45, 2.75) is 6.92 Å². The normalized spacial score (nSPS) is 11.3. The Morgan fingerprint density at radius 2 is 1.88 bits per heavy atom. The highest BCUT2D eigenvalue weighted by molar-refractivity contribution is 5.88. The first-order valence-corrected chi connectivity index (χ1v) is 8.14. The number of aromatic carboxylic acids is 1. The summed E-state index contributed by atoms with van der Waals surface area (Å²) >= 11 is 0. The first-order chi connectivity index (χ1) is 12.6. The molecule has 1 heterocycles. The van der Waals surface area contributed by atoms with E-state index < -0.39 is 5.97 Å². The van der Waals surface area contributed by atoms with E-state index in [-0.39, 0.29) is 5.56 Å². The van der Waals surface area contributed by atoms with Crippen LogP contribution in [0.15, 0.2) is 66.4 Å². The van der Waals surface area contributed by atoms with Crippen LogP contribution in [0.3, 0.4) is 0 Å². The molecule has 5 heteroatoms. The third-order valence-electron chi connectivity index (χ3n) is 4.03. The zero-order chi connectivity index (χ0) is 18.5. The van der Waals surface area contributed by atoms with Crippen molar-refractivity contribution < 1.29 is 14.7 Å². The van der Waals surface area contributed by atoms with E-state index >= 15 is 0 Å². The third kappa shape index (κ3) is 3.95. The summed E-state index contributed by atoms with van der Waals surface area (Å²) < 4.78 is 0. The van der Waals surface area contributed by atoms with Crippen LogP contribution in [-0.4, -0.2) is 29.0 Å². The number of amides is 1. The number of benzene rings is 2. The molecule has 0 spiro atoms. The average Bonchev–Trinajstić information content (AvgIpc) is 2.66. The molecule has 0 saturated carbocycles. The Hall–Kier alpha value is -3.47. The highest BCUT2D eigenvalue weighted by atomic mass is 16.4. The van der Waals surface area contributed by atoms with Crippen LogP contribution in [0.1, 0.15) is 22.8 Å². The van der Waals surface area contributed by atoms with Crippen molar-refractivity contribution in [1.82, 2.24) is 4.98 Å². The molecule has 3 rings (SSSR count). The van der Waals surface area contributed by atoms with E-state index in [9.17, 15) is 9.59 Å². The van der Waals surface area contributed by atoms with E-state index in [0.717, 1.165) is 34.1 Å². The summed E-state index contributed by atoms with van der Waals surface area (Å²) in [5.74, 6) is -0.951. The number of fused-ring (bicyclic) bond motifs is 1. The number of rotatable bonds is 6. The number of carboxylic acids is 1. The molecule has 0 aliphatic carbocycles. The zero-order valence-electron chi connectivity index (χ0n) is 14.3. The van der Waals surface area contributed by atoms with Crippen LogP contribution in [0.25, 0.3) is 17.0 Å². The van der Waals surface area contributed by atoms with Crippen LogP contribution in [0, 0.1) is 0 Å². The van der Waals surface area contributed by atoms with E-state index in [1.165, 1.54) is 0 Å². The summed E-state index contributed by atoms with van der Waals surface area (Å²) in [5, 5.41) is 9.92. The Labute approximate surface area is 151 Å². The zero-order valence-corrected chi connectivity index (χ0v) is 14.3. The van der Waals surface area contributed by atoms with Gasteiger partial charge < -0.3 is 10.0 Å². The minimum atomic E-state index is -0.951. The molecule has 0 atom stereocenters. The standard InChI is InChI=1S/C21H18N2O3/c1-15(10-16-6-8-17(9-7-16)21(25)26)13-23(14-24)19-11-18-4-2-3-5-20(18)22-12-19/h2-12,14H,13H2,1H3,(H,25,26)/b15-10+. The highest BCUT2D eigenvalue weighted by Gasteiger charge is 2.08. The molecule has 130 valence electrons. The summed E-state index contributed by atoms with van der Waals surface area (Å²) in [4.78, 5) is 28.4. The number of para-hydroxylation sites is 1. The maximum Gasteiger partial charge on any atom is 0.335 e. The van der Waals surface area contributed by atoms with Gasteiger partial charge >= 0.3 is 5.97 Å². The van der Waals surface area contributed by atoms with Crippen LogP contribution in [0.2, 0.25) is 0 Å². The summed E-state index contributed by atoms with van der Waals surface area (Å²) in [5.41, 5.74) is 3.71. The summed E-state index contributed by atoms with van der Waals surface area (Å²) in [6.45, 7) is 2.35. The minimum absolute atomic E-state index is 0.247. The van der Waals surface area contributed by atoms with Crippen LogP contribution >= 0.6 is 0 Å².